The maximum atomic E-state index is 14.5. The summed E-state index contributed by atoms with van der Waals surface area (Å²) in [5.41, 5.74) is 2.50. The van der Waals surface area contributed by atoms with Gasteiger partial charge < -0.3 is 15.0 Å². The number of halogens is 1. The number of aryl methyl sites for hydroxylation is 1. The molecule has 0 fully saturated rings. The molecule has 0 saturated heterocycles. The second kappa shape index (κ2) is 15.5. The Hall–Kier alpha value is -4.70. The number of hydrogen-bond donors (Lipinski definition) is 1. The van der Waals surface area contributed by atoms with Crippen molar-refractivity contribution in [1.82, 2.24) is 10.2 Å². The molecule has 4 rings (SSSR count). The third-order valence-electron chi connectivity index (χ3n) is 7.45. The summed E-state index contributed by atoms with van der Waals surface area (Å²) in [5.74, 6) is -0.852. The Morgan fingerprint density at radius 1 is 0.870 bits per heavy atom. The molecule has 0 bridgehead atoms. The molecule has 4 aromatic carbocycles. The van der Waals surface area contributed by atoms with Crippen LogP contribution in [0.2, 0.25) is 0 Å². The summed E-state index contributed by atoms with van der Waals surface area (Å²) in [6.07, 6.45) is 0.182. The molecule has 0 aliphatic heterocycles. The lowest BCUT2D eigenvalue weighted by Crippen LogP contribution is -2.53. The molecule has 0 aliphatic carbocycles. The molecule has 0 saturated carbocycles. The van der Waals surface area contributed by atoms with Crippen LogP contribution in [0.15, 0.2) is 108 Å². The Morgan fingerprint density at radius 2 is 1.54 bits per heavy atom. The summed E-state index contributed by atoms with van der Waals surface area (Å²) in [6.45, 7) is 5.52. The number of carbonyl (C=O) groups excluding carboxylic acids is 2. The van der Waals surface area contributed by atoms with Crippen molar-refractivity contribution in [3.63, 3.8) is 0 Å². The zero-order valence-electron chi connectivity index (χ0n) is 26.5. The van der Waals surface area contributed by atoms with Crippen LogP contribution in [0.5, 0.6) is 5.75 Å². The molecule has 10 heteroatoms. The molecular weight excluding hydrogens is 605 g/mol. The van der Waals surface area contributed by atoms with Gasteiger partial charge >= 0.3 is 0 Å². The smallest absolute Gasteiger partial charge is 0.264 e. The first-order valence-electron chi connectivity index (χ1n) is 15.1. The monoisotopic (exact) mass is 645 g/mol. The van der Waals surface area contributed by atoms with Gasteiger partial charge in [-0.15, -0.1) is 0 Å². The fourth-order valence-corrected chi connectivity index (χ4v) is 6.30. The van der Waals surface area contributed by atoms with Gasteiger partial charge in [0.25, 0.3) is 10.0 Å². The van der Waals surface area contributed by atoms with E-state index in [1.807, 2.05) is 51.1 Å². The van der Waals surface area contributed by atoms with Gasteiger partial charge in [-0.05, 0) is 60.4 Å². The average molecular weight is 646 g/mol. The summed E-state index contributed by atoms with van der Waals surface area (Å²) >= 11 is 0. The van der Waals surface area contributed by atoms with Crippen LogP contribution in [0.3, 0.4) is 0 Å². The topological polar surface area (TPSA) is 96.0 Å². The number of rotatable bonds is 14. The second-order valence-electron chi connectivity index (χ2n) is 11.5. The number of anilines is 1. The quantitative estimate of drug-likeness (QED) is 0.189. The van der Waals surface area contributed by atoms with E-state index in [0.29, 0.717) is 17.9 Å². The van der Waals surface area contributed by atoms with Crippen molar-refractivity contribution in [2.24, 2.45) is 5.92 Å². The van der Waals surface area contributed by atoms with E-state index in [2.05, 4.69) is 5.32 Å². The van der Waals surface area contributed by atoms with Crippen molar-refractivity contribution in [3.05, 3.63) is 126 Å². The van der Waals surface area contributed by atoms with Crippen molar-refractivity contribution in [2.75, 3.05) is 24.5 Å². The predicted molar refractivity (Wildman–Crippen MR) is 177 cm³/mol. The van der Waals surface area contributed by atoms with E-state index < -0.39 is 34.3 Å². The molecule has 0 unspecified atom stereocenters. The molecule has 0 heterocycles. The Morgan fingerprint density at radius 3 is 2.17 bits per heavy atom. The van der Waals surface area contributed by atoms with Gasteiger partial charge in [-0.1, -0.05) is 80.1 Å². The molecule has 0 radical (unpaired) electrons. The summed E-state index contributed by atoms with van der Waals surface area (Å²) in [5, 5.41) is 2.95. The van der Waals surface area contributed by atoms with Crippen molar-refractivity contribution < 1.29 is 27.1 Å². The first-order valence-corrected chi connectivity index (χ1v) is 16.5. The van der Waals surface area contributed by atoms with E-state index in [4.69, 9.17) is 4.74 Å². The number of ether oxygens (including phenoxy) is 1. The van der Waals surface area contributed by atoms with E-state index in [1.54, 1.807) is 48.5 Å². The number of carbonyl (C=O) groups is 2. The minimum absolute atomic E-state index is 0.00863. The molecular formula is C36H40FN3O5S. The molecule has 4 aromatic rings. The van der Waals surface area contributed by atoms with Gasteiger partial charge in [-0.2, -0.15) is 0 Å². The summed E-state index contributed by atoms with van der Waals surface area (Å²) in [4.78, 5) is 29.7. The highest BCUT2D eigenvalue weighted by Crippen LogP contribution is 2.28. The Kier molecular flexibility index (Phi) is 11.5. The fourth-order valence-electron chi connectivity index (χ4n) is 4.89. The van der Waals surface area contributed by atoms with Crippen LogP contribution in [0, 0.1) is 18.7 Å². The summed E-state index contributed by atoms with van der Waals surface area (Å²) in [6, 6.07) is 26.8. The third kappa shape index (κ3) is 8.94. The normalized spacial score (nSPS) is 12.0. The van der Waals surface area contributed by atoms with Crippen LogP contribution >= 0.6 is 0 Å². The zero-order valence-corrected chi connectivity index (χ0v) is 27.3. The number of nitrogens with one attached hydrogen (secondary N) is 1. The molecule has 1 N–H and O–H groups in total. The Labute approximate surface area is 270 Å². The van der Waals surface area contributed by atoms with E-state index in [0.717, 1.165) is 15.4 Å². The Bertz CT molecular complexity index is 1710. The van der Waals surface area contributed by atoms with Gasteiger partial charge in [0.15, 0.2) is 0 Å². The number of benzene rings is 4. The molecule has 0 aromatic heterocycles. The highest BCUT2D eigenvalue weighted by molar-refractivity contribution is 7.92. The molecule has 46 heavy (non-hydrogen) atoms. The SMILES string of the molecule is COc1cccc(N(CC(=O)N(Cc2ccc(F)cc2)[C@@H](Cc2ccccc2)C(=O)NCC(C)C)S(=O)(=O)c2ccc(C)cc2)c1. The van der Waals surface area contributed by atoms with Gasteiger partial charge in [0.05, 0.1) is 17.7 Å². The van der Waals surface area contributed by atoms with Crippen molar-refractivity contribution in [3.8, 4) is 5.75 Å². The van der Waals surface area contributed by atoms with Crippen LogP contribution in [0.25, 0.3) is 0 Å². The number of amides is 2. The number of methoxy groups -OCH3 is 1. The van der Waals surface area contributed by atoms with Crippen LogP contribution in [0.1, 0.15) is 30.5 Å². The van der Waals surface area contributed by atoms with E-state index in [1.165, 1.54) is 36.3 Å². The van der Waals surface area contributed by atoms with E-state index >= 15 is 0 Å². The molecule has 2 amide bonds. The minimum Gasteiger partial charge on any atom is -0.497 e. The second-order valence-corrected chi connectivity index (χ2v) is 13.4. The highest BCUT2D eigenvalue weighted by Gasteiger charge is 2.34. The number of hydrogen-bond acceptors (Lipinski definition) is 5. The van der Waals surface area contributed by atoms with Crippen LogP contribution < -0.4 is 14.4 Å². The van der Waals surface area contributed by atoms with Crippen LogP contribution in [0.4, 0.5) is 10.1 Å². The Balaban J connectivity index is 1.81. The van der Waals surface area contributed by atoms with Crippen molar-refractivity contribution >= 4 is 27.5 Å². The predicted octanol–water partition coefficient (Wildman–Crippen LogP) is 5.75. The maximum Gasteiger partial charge on any atom is 0.264 e. The van der Waals surface area contributed by atoms with Crippen molar-refractivity contribution in [2.45, 2.75) is 44.7 Å². The maximum absolute atomic E-state index is 14.5. The van der Waals surface area contributed by atoms with Gasteiger partial charge in [0, 0.05) is 25.6 Å². The lowest BCUT2D eigenvalue weighted by atomic mass is 10.0. The van der Waals surface area contributed by atoms with E-state index in [9.17, 15) is 22.4 Å². The standard InChI is InChI=1S/C36H40FN3O5S/c1-26(2)23-38-36(42)34(21-28-9-6-5-7-10-28)39(24-29-15-17-30(37)18-16-29)35(41)25-40(31-11-8-12-32(22-31)45-4)46(43,44)33-19-13-27(3)14-20-33/h5-20,22,26,34H,21,23-25H2,1-4H3,(H,38,42)/t34-/m0/s1. The molecule has 8 nitrogen and oxygen atoms in total. The van der Waals surface area contributed by atoms with Gasteiger partial charge in [-0.3, -0.25) is 13.9 Å². The molecule has 0 aliphatic rings. The molecule has 242 valence electrons. The highest BCUT2D eigenvalue weighted by atomic mass is 32.2. The van der Waals surface area contributed by atoms with Crippen LogP contribution in [-0.2, 0) is 32.6 Å². The van der Waals surface area contributed by atoms with Gasteiger partial charge in [0.2, 0.25) is 11.8 Å². The minimum atomic E-state index is -4.25. The third-order valence-corrected chi connectivity index (χ3v) is 9.24. The first-order chi connectivity index (χ1) is 22.0. The lowest BCUT2D eigenvalue weighted by Gasteiger charge is -2.34. The molecule has 1 atom stereocenters. The average Bonchev–Trinajstić information content (AvgIpc) is 3.05. The zero-order chi connectivity index (χ0) is 33.3. The largest absolute Gasteiger partial charge is 0.497 e. The number of nitrogens with zero attached hydrogens (tertiary/aromatic N) is 2. The van der Waals surface area contributed by atoms with Crippen molar-refractivity contribution in [1.29, 1.82) is 0 Å². The molecule has 0 spiro atoms. The number of sulfonamides is 1. The van der Waals surface area contributed by atoms with Crippen LogP contribution in [-0.4, -0.2) is 51.4 Å². The fraction of sp³-hybridized carbons (Fsp3) is 0.278. The lowest BCUT2D eigenvalue weighted by molar-refractivity contribution is -0.140. The van der Waals surface area contributed by atoms with E-state index in [-0.39, 0.29) is 35.4 Å². The van der Waals surface area contributed by atoms with Gasteiger partial charge in [0.1, 0.15) is 24.2 Å². The first kappa shape index (κ1) is 34.2. The summed E-state index contributed by atoms with van der Waals surface area (Å²) in [7, 11) is -2.78. The summed E-state index contributed by atoms with van der Waals surface area (Å²) < 4.78 is 48.6. The van der Waals surface area contributed by atoms with Gasteiger partial charge in [-0.25, -0.2) is 12.8 Å².